The number of hydrogen-bond donors (Lipinski definition) is 2. The predicted octanol–water partition coefficient (Wildman–Crippen LogP) is 2.81. The molecule has 0 radical (unpaired) electrons. The molecule has 0 aliphatic carbocycles. The Kier molecular flexibility index (Phi) is 6.57. The number of amides is 1. The fraction of sp³-hybridized carbons (Fsp3) is 0.429. The lowest BCUT2D eigenvalue weighted by Gasteiger charge is -2.13. The van der Waals surface area contributed by atoms with Gasteiger partial charge in [0.1, 0.15) is 5.82 Å². The monoisotopic (exact) mass is 266 g/mol. The number of halogens is 1. The zero-order valence-electron chi connectivity index (χ0n) is 10.8. The number of benzene rings is 1. The van der Waals surface area contributed by atoms with Gasteiger partial charge in [0.2, 0.25) is 5.91 Å². The van der Waals surface area contributed by atoms with Crippen LogP contribution in [0, 0.1) is 5.82 Å². The minimum absolute atomic E-state index is 0.324. The molecule has 1 aromatic carbocycles. The van der Waals surface area contributed by atoms with Gasteiger partial charge in [-0.05, 0) is 37.0 Å². The Morgan fingerprint density at radius 2 is 2.00 bits per heavy atom. The summed E-state index contributed by atoms with van der Waals surface area (Å²) in [5.41, 5.74) is 6.14. The number of nitrogens with two attached hydrogens (primary N) is 1. The molecule has 5 heteroatoms. The molecule has 19 heavy (non-hydrogen) atoms. The number of carbonyl (C=O) groups excluding carboxylic acids is 1. The van der Waals surface area contributed by atoms with E-state index in [1.54, 1.807) is 12.1 Å². The van der Waals surface area contributed by atoms with E-state index in [2.05, 4.69) is 5.16 Å². The van der Waals surface area contributed by atoms with E-state index in [1.807, 2.05) is 0 Å². The first-order chi connectivity index (χ1) is 9.15. The first kappa shape index (κ1) is 15.1. The van der Waals surface area contributed by atoms with Crippen LogP contribution in [-0.2, 0) is 4.79 Å². The first-order valence-corrected chi connectivity index (χ1v) is 6.36. The van der Waals surface area contributed by atoms with Gasteiger partial charge in [0.05, 0.1) is 5.92 Å². The average molecular weight is 266 g/mol. The molecule has 0 saturated heterocycles. The van der Waals surface area contributed by atoms with Crippen molar-refractivity contribution in [2.75, 3.05) is 0 Å². The Morgan fingerprint density at radius 1 is 1.32 bits per heavy atom. The van der Waals surface area contributed by atoms with Crippen molar-refractivity contribution in [2.45, 2.75) is 38.0 Å². The highest BCUT2D eigenvalue weighted by molar-refractivity contribution is 5.81. The van der Waals surface area contributed by atoms with Crippen molar-refractivity contribution in [3.05, 3.63) is 35.6 Å². The molecule has 1 amide bonds. The molecule has 0 spiro atoms. The molecule has 104 valence electrons. The summed E-state index contributed by atoms with van der Waals surface area (Å²) in [5, 5.41) is 11.2. The Balaban J connectivity index is 2.45. The second kappa shape index (κ2) is 8.24. The first-order valence-electron chi connectivity index (χ1n) is 6.36. The molecule has 1 unspecified atom stereocenters. The summed E-state index contributed by atoms with van der Waals surface area (Å²) in [4.78, 5) is 11.4. The van der Waals surface area contributed by atoms with Crippen molar-refractivity contribution in [1.29, 1.82) is 0 Å². The lowest BCUT2D eigenvalue weighted by Crippen LogP contribution is -2.21. The third-order valence-corrected chi connectivity index (χ3v) is 3.02. The average Bonchev–Trinajstić information content (AvgIpc) is 2.39. The molecule has 0 fully saturated rings. The maximum Gasteiger partial charge on any atom is 0.224 e. The topological polar surface area (TPSA) is 75.7 Å². The van der Waals surface area contributed by atoms with Crippen LogP contribution in [0.2, 0.25) is 0 Å². The molecule has 1 atom stereocenters. The number of rotatable bonds is 8. The standard InChI is InChI=1S/C14H19FN2O2/c15-12-8-6-11(7-9-12)13(14(16)18)5-3-1-2-4-10-17-19/h6-10,13,19H,1-5H2,(H2,16,18). The normalized spacial score (nSPS) is 12.7. The minimum atomic E-state index is -0.386. The van der Waals surface area contributed by atoms with Gasteiger partial charge in [-0.25, -0.2) is 4.39 Å². The second-order valence-corrected chi connectivity index (χ2v) is 4.44. The van der Waals surface area contributed by atoms with Gasteiger partial charge in [-0.2, -0.15) is 0 Å². The van der Waals surface area contributed by atoms with E-state index in [0.717, 1.165) is 24.8 Å². The molecular formula is C14H19FN2O2. The Labute approximate surface area is 112 Å². The fourth-order valence-corrected chi connectivity index (χ4v) is 1.99. The summed E-state index contributed by atoms with van der Waals surface area (Å²) in [5.74, 6) is -1.08. The van der Waals surface area contributed by atoms with Gasteiger partial charge in [-0.15, -0.1) is 5.16 Å². The van der Waals surface area contributed by atoms with Crippen molar-refractivity contribution in [2.24, 2.45) is 10.9 Å². The van der Waals surface area contributed by atoms with Gasteiger partial charge in [-0.3, -0.25) is 4.79 Å². The smallest absolute Gasteiger partial charge is 0.224 e. The Morgan fingerprint density at radius 3 is 2.58 bits per heavy atom. The zero-order chi connectivity index (χ0) is 14.1. The fourth-order valence-electron chi connectivity index (χ4n) is 1.99. The van der Waals surface area contributed by atoms with Gasteiger partial charge in [0, 0.05) is 6.21 Å². The number of primary amides is 1. The number of oxime groups is 1. The molecule has 4 nitrogen and oxygen atoms in total. The van der Waals surface area contributed by atoms with Crippen molar-refractivity contribution in [1.82, 2.24) is 0 Å². The van der Waals surface area contributed by atoms with Crippen LogP contribution in [0.25, 0.3) is 0 Å². The van der Waals surface area contributed by atoms with Gasteiger partial charge in [-0.1, -0.05) is 25.0 Å². The van der Waals surface area contributed by atoms with E-state index >= 15 is 0 Å². The summed E-state index contributed by atoms with van der Waals surface area (Å²) in [7, 11) is 0. The third kappa shape index (κ3) is 5.50. The van der Waals surface area contributed by atoms with E-state index in [-0.39, 0.29) is 17.6 Å². The highest BCUT2D eigenvalue weighted by atomic mass is 19.1. The molecule has 0 heterocycles. The quantitative estimate of drug-likeness (QED) is 0.328. The molecule has 0 aliphatic heterocycles. The van der Waals surface area contributed by atoms with Gasteiger partial charge in [0.25, 0.3) is 0 Å². The lowest BCUT2D eigenvalue weighted by atomic mass is 9.92. The summed E-state index contributed by atoms with van der Waals surface area (Å²) >= 11 is 0. The summed E-state index contributed by atoms with van der Waals surface area (Å²) in [6.45, 7) is 0. The number of nitrogens with zero attached hydrogens (tertiary/aromatic N) is 1. The Bertz CT molecular complexity index is 418. The van der Waals surface area contributed by atoms with E-state index in [4.69, 9.17) is 10.9 Å². The van der Waals surface area contributed by atoms with Gasteiger partial charge in [0.15, 0.2) is 0 Å². The van der Waals surface area contributed by atoms with Gasteiger partial charge >= 0.3 is 0 Å². The molecule has 1 rings (SSSR count). The predicted molar refractivity (Wildman–Crippen MR) is 71.7 cm³/mol. The number of unbranched alkanes of at least 4 members (excludes halogenated alkanes) is 3. The van der Waals surface area contributed by atoms with Crippen LogP contribution in [0.5, 0.6) is 0 Å². The molecule has 3 N–H and O–H groups in total. The highest BCUT2D eigenvalue weighted by Gasteiger charge is 2.17. The molecule has 0 bridgehead atoms. The van der Waals surface area contributed by atoms with E-state index < -0.39 is 0 Å². The van der Waals surface area contributed by atoms with Crippen LogP contribution in [-0.4, -0.2) is 17.3 Å². The third-order valence-electron chi connectivity index (χ3n) is 3.02. The lowest BCUT2D eigenvalue weighted by molar-refractivity contribution is -0.119. The van der Waals surface area contributed by atoms with Crippen molar-refractivity contribution >= 4 is 12.1 Å². The second-order valence-electron chi connectivity index (χ2n) is 4.44. The number of hydrogen-bond acceptors (Lipinski definition) is 3. The molecule has 0 aromatic heterocycles. The van der Waals surface area contributed by atoms with Crippen molar-refractivity contribution < 1.29 is 14.4 Å². The maximum atomic E-state index is 12.8. The largest absolute Gasteiger partial charge is 0.411 e. The minimum Gasteiger partial charge on any atom is -0.411 e. The van der Waals surface area contributed by atoms with E-state index in [0.29, 0.717) is 12.8 Å². The van der Waals surface area contributed by atoms with Crippen LogP contribution in [0.4, 0.5) is 4.39 Å². The highest BCUT2D eigenvalue weighted by Crippen LogP contribution is 2.22. The molecule has 0 saturated carbocycles. The van der Waals surface area contributed by atoms with Crippen molar-refractivity contribution in [3.63, 3.8) is 0 Å². The van der Waals surface area contributed by atoms with E-state index in [1.165, 1.54) is 18.3 Å². The molecule has 1 aromatic rings. The van der Waals surface area contributed by atoms with Crippen molar-refractivity contribution in [3.8, 4) is 0 Å². The van der Waals surface area contributed by atoms with Crippen LogP contribution < -0.4 is 5.73 Å². The zero-order valence-corrected chi connectivity index (χ0v) is 10.8. The maximum absolute atomic E-state index is 12.8. The Hall–Kier alpha value is -1.91. The van der Waals surface area contributed by atoms with E-state index in [9.17, 15) is 9.18 Å². The SMILES string of the molecule is NC(=O)C(CCCCCC=NO)c1ccc(F)cc1. The van der Waals surface area contributed by atoms with Gasteiger partial charge < -0.3 is 10.9 Å². The number of carbonyl (C=O) groups is 1. The summed E-state index contributed by atoms with van der Waals surface area (Å²) in [6, 6.07) is 5.87. The molecule has 0 aliphatic rings. The molecular weight excluding hydrogens is 247 g/mol. The van der Waals surface area contributed by atoms with Crippen LogP contribution >= 0.6 is 0 Å². The van der Waals surface area contributed by atoms with Crippen LogP contribution in [0.15, 0.2) is 29.4 Å². The van der Waals surface area contributed by atoms with Crippen LogP contribution in [0.1, 0.15) is 43.6 Å². The summed E-state index contributed by atoms with van der Waals surface area (Å²) in [6.07, 6.45) is 5.50. The summed E-state index contributed by atoms with van der Waals surface area (Å²) < 4.78 is 12.8. The van der Waals surface area contributed by atoms with Crippen LogP contribution in [0.3, 0.4) is 0 Å².